The number of hydrogen-bond acceptors (Lipinski definition) is 5. The van der Waals surface area contributed by atoms with Crippen molar-refractivity contribution in [2.45, 2.75) is 20.8 Å². The molecule has 0 atom stereocenters. The van der Waals surface area contributed by atoms with E-state index in [-0.39, 0.29) is 5.57 Å². The lowest BCUT2D eigenvalue weighted by atomic mass is 10.1. The van der Waals surface area contributed by atoms with Crippen LogP contribution in [-0.2, 0) is 9.59 Å². The van der Waals surface area contributed by atoms with Gasteiger partial charge in [0.05, 0.1) is 12.3 Å². The number of benzene rings is 3. The van der Waals surface area contributed by atoms with E-state index in [1.807, 2.05) is 45.0 Å². The fraction of sp³-hybridized carbons (Fsp3) is 0.214. The summed E-state index contributed by atoms with van der Waals surface area (Å²) >= 11 is 0. The van der Waals surface area contributed by atoms with Gasteiger partial charge in [-0.3, -0.25) is 15.0 Å². The molecule has 3 aromatic carbocycles. The number of rotatable bonds is 9. The highest BCUT2D eigenvalue weighted by atomic mass is 16.5. The van der Waals surface area contributed by atoms with Crippen LogP contribution in [0.4, 0.5) is 5.69 Å². The molecule has 180 valence electrons. The highest BCUT2D eigenvalue weighted by molar-refractivity contribution is 6.31. The number of nitrogens with zero attached hydrogens (tertiary/aromatic N) is 1. The van der Waals surface area contributed by atoms with Gasteiger partial charge in [0.1, 0.15) is 24.5 Å². The van der Waals surface area contributed by atoms with Crippen LogP contribution < -0.4 is 24.6 Å². The van der Waals surface area contributed by atoms with Gasteiger partial charge in [0.25, 0.3) is 11.8 Å². The Hall–Kier alpha value is -4.26. The zero-order chi connectivity index (χ0) is 24.8. The zero-order valence-corrected chi connectivity index (χ0v) is 20.0. The molecule has 7 heteroatoms. The van der Waals surface area contributed by atoms with Crippen molar-refractivity contribution in [3.05, 3.63) is 89.0 Å². The lowest BCUT2D eigenvalue weighted by molar-refractivity contribution is -0.117. The van der Waals surface area contributed by atoms with Crippen LogP contribution in [0.3, 0.4) is 0 Å². The first kappa shape index (κ1) is 23.9. The van der Waals surface area contributed by atoms with Crippen LogP contribution >= 0.6 is 0 Å². The Bertz CT molecular complexity index is 1230. The molecule has 1 N–H and O–H groups in total. The largest absolute Gasteiger partial charge is 0.490 e. The van der Waals surface area contributed by atoms with Crippen LogP contribution in [0, 0.1) is 13.8 Å². The van der Waals surface area contributed by atoms with Crippen LogP contribution in [0.25, 0.3) is 6.08 Å². The van der Waals surface area contributed by atoms with Gasteiger partial charge >= 0.3 is 0 Å². The number of carbonyl (C=O) groups excluding carboxylic acids is 2. The van der Waals surface area contributed by atoms with E-state index in [1.165, 1.54) is 5.01 Å². The Morgan fingerprint density at radius 2 is 1.54 bits per heavy atom. The molecule has 1 fully saturated rings. The van der Waals surface area contributed by atoms with Gasteiger partial charge in [-0.2, -0.15) is 0 Å². The van der Waals surface area contributed by atoms with Crippen LogP contribution in [0.2, 0.25) is 0 Å². The number of hydrogen-bond donors (Lipinski definition) is 1. The number of anilines is 1. The van der Waals surface area contributed by atoms with E-state index in [2.05, 4.69) is 5.43 Å². The minimum atomic E-state index is -0.458. The maximum absolute atomic E-state index is 12.8. The van der Waals surface area contributed by atoms with Crippen molar-refractivity contribution in [1.29, 1.82) is 0 Å². The Balaban J connectivity index is 1.45. The number of amides is 2. The van der Waals surface area contributed by atoms with Gasteiger partial charge < -0.3 is 14.2 Å². The van der Waals surface area contributed by atoms with Crippen LogP contribution in [0.5, 0.6) is 17.2 Å². The Labute approximate surface area is 204 Å². The molecule has 1 saturated heterocycles. The Morgan fingerprint density at radius 1 is 0.829 bits per heavy atom. The Morgan fingerprint density at radius 3 is 2.26 bits per heavy atom. The highest BCUT2D eigenvalue weighted by Crippen LogP contribution is 2.30. The molecule has 0 aliphatic carbocycles. The summed E-state index contributed by atoms with van der Waals surface area (Å²) < 4.78 is 17.6. The number of para-hydroxylation sites is 2. The number of aryl methyl sites for hydroxylation is 2. The monoisotopic (exact) mass is 472 g/mol. The summed E-state index contributed by atoms with van der Waals surface area (Å²) in [5, 5.41) is 1.24. The third kappa shape index (κ3) is 5.46. The number of carbonyl (C=O) groups is 2. The van der Waals surface area contributed by atoms with E-state index in [0.29, 0.717) is 42.6 Å². The molecule has 0 spiro atoms. The first-order chi connectivity index (χ1) is 17.0. The molecule has 1 heterocycles. The van der Waals surface area contributed by atoms with Crippen molar-refractivity contribution in [3.63, 3.8) is 0 Å². The second kappa shape index (κ2) is 10.8. The molecule has 2 amide bonds. The van der Waals surface area contributed by atoms with Gasteiger partial charge in [0.2, 0.25) is 0 Å². The summed E-state index contributed by atoms with van der Waals surface area (Å²) in [6.07, 6.45) is 1.55. The third-order valence-electron chi connectivity index (χ3n) is 5.48. The average molecular weight is 473 g/mol. The third-order valence-corrected chi connectivity index (χ3v) is 5.48. The minimum Gasteiger partial charge on any atom is -0.490 e. The van der Waals surface area contributed by atoms with E-state index in [9.17, 15) is 9.59 Å². The molecule has 0 bridgehead atoms. The molecule has 0 radical (unpaired) electrons. The minimum absolute atomic E-state index is 0.0481. The van der Waals surface area contributed by atoms with Gasteiger partial charge in [0.15, 0.2) is 11.5 Å². The van der Waals surface area contributed by atoms with E-state index in [0.717, 1.165) is 16.9 Å². The van der Waals surface area contributed by atoms with Crippen molar-refractivity contribution in [2.75, 3.05) is 24.8 Å². The van der Waals surface area contributed by atoms with Crippen LogP contribution in [0.1, 0.15) is 23.6 Å². The average Bonchev–Trinajstić information content (AvgIpc) is 3.13. The fourth-order valence-electron chi connectivity index (χ4n) is 3.81. The molecule has 7 nitrogen and oxygen atoms in total. The molecular formula is C28H28N2O5. The molecule has 0 aromatic heterocycles. The molecule has 0 saturated carbocycles. The predicted octanol–water partition coefficient (Wildman–Crippen LogP) is 4.62. The van der Waals surface area contributed by atoms with Crippen molar-refractivity contribution >= 4 is 23.6 Å². The quantitative estimate of drug-likeness (QED) is 0.279. The zero-order valence-electron chi connectivity index (χ0n) is 20.0. The van der Waals surface area contributed by atoms with Gasteiger partial charge in [-0.25, -0.2) is 5.01 Å². The molecular weight excluding hydrogens is 444 g/mol. The van der Waals surface area contributed by atoms with Gasteiger partial charge in [0, 0.05) is 0 Å². The Kier molecular flexibility index (Phi) is 7.35. The number of ether oxygens (including phenoxy) is 3. The summed E-state index contributed by atoms with van der Waals surface area (Å²) in [5.74, 6) is 1.09. The summed E-state index contributed by atoms with van der Waals surface area (Å²) in [6.45, 7) is 7.06. The van der Waals surface area contributed by atoms with E-state index in [4.69, 9.17) is 14.2 Å². The fourth-order valence-corrected chi connectivity index (χ4v) is 3.81. The van der Waals surface area contributed by atoms with Gasteiger partial charge in [-0.15, -0.1) is 0 Å². The number of hydrazine groups is 1. The first-order valence-electron chi connectivity index (χ1n) is 11.5. The van der Waals surface area contributed by atoms with Crippen molar-refractivity contribution in [3.8, 4) is 17.2 Å². The second-order valence-electron chi connectivity index (χ2n) is 8.03. The topological polar surface area (TPSA) is 77.1 Å². The van der Waals surface area contributed by atoms with Crippen molar-refractivity contribution in [2.24, 2.45) is 0 Å². The molecule has 1 aliphatic heterocycles. The van der Waals surface area contributed by atoms with E-state index >= 15 is 0 Å². The van der Waals surface area contributed by atoms with Gasteiger partial charge in [-0.05, 0) is 67.8 Å². The van der Waals surface area contributed by atoms with Crippen LogP contribution in [-0.4, -0.2) is 31.6 Å². The van der Waals surface area contributed by atoms with E-state index < -0.39 is 11.8 Å². The lowest BCUT2D eigenvalue weighted by Crippen LogP contribution is -2.35. The SMILES string of the molecule is CCOc1cc(C=C2C(=O)NN(c3ccccc3)C2=O)ccc1OCCOc1c(C)cccc1C. The molecule has 1 aliphatic rings. The number of nitrogens with one attached hydrogen (secondary N) is 1. The summed E-state index contributed by atoms with van der Waals surface area (Å²) in [5.41, 5.74) is 6.05. The maximum atomic E-state index is 12.8. The van der Waals surface area contributed by atoms with E-state index in [1.54, 1.807) is 48.5 Å². The highest BCUT2D eigenvalue weighted by Gasteiger charge is 2.34. The first-order valence-corrected chi connectivity index (χ1v) is 11.5. The molecule has 3 aromatic rings. The molecule has 35 heavy (non-hydrogen) atoms. The molecule has 4 rings (SSSR count). The van der Waals surface area contributed by atoms with Crippen molar-refractivity contribution < 1.29 is 23.8 Å². The summed E-state index contributed by atoms with van der Waals surface area (Å²) in [6, 6.07) is 20.3. The lowest BCUT2D eigenvalue weighted by Gasteiger charge is -2.15. The predicted molar refractivity (Wildman–Crippen MR) is 135 cm³/mol. The normalized spacial score (nSPS) is 14.3. The summed E-state index contributed by atoms with van der Waals surface area (Å²) in [4.78, 5) is 25.3. The smallest absolute Gasteiger partial charge is 0.282 e. The standard InChI is InChI=1S/C28H28N2O5/c1-4-33-25-18-21(17-23-27(31)29-30(28(23)32)22-11-6-5-7-12-22)13-14-24(25)34-15-16-35-26-19(2)9-8-10-20(26)3/h5-14,17-18H,4,15-16H2,1-3H3,(H,29,31). The van der Waals surface area contributed by atoms with Crippen molar-refractivity contribution in [1.82, 2.24) is 5.43 Å². The molecule has 0 unspecified atom stereocenters. The van der Waals surface area contributed by atoms with Crippen LogP contribution in [0.15, 0.2) is 72.3 Å². The van der Waals surface area contributed by atoms with Gasteiger partial charge in [-0.1, -0.05) is 42.5 Å². The maximum Gasteiger partial charge on any atom is 0.282 e. The summed E-state index contributed by atoms with van der Waals surface area (Å²) in [7, 11) is 0. The second-order valence-corrected chi connectivity index (χ2v) is 8.03.